The molecule has 0 aliphatic carbocycles. The largest absolute Gasteiger partial charge is 0.573 e. The first-order chi connectivity index (χ1) is 11.2. The van der Waals surface area contributed by atoms with Gasteiger partial charge in [0, 0.05) is 12.5 Å². The lowest BCUT2D eigenvalue weighted by molar-refractivity contribution is -0.274. The molecule has 0 spiro atoms. The van der Waals surface area contributed by atoms with E-state index in [1.54, 1.807) is 6.92 Å². The van der Waals surface area contributed by atoms with Gasteiger partial charge in [-0.2, -0.15) is 5.10 Å². The molecule has 0 aliphatic rings. The molecule has 0 bridgehead atoms. The number of alkyl halides is 3. The van der Waals surface area contributed by atoms with E-state index in [0.29, 0.717) is 0 Å². The van der Waals surface area contributed by atoms with Crippen molar-refractivity contribution < 1.29 is 37.3 Å². The van der Waals surface area contributed by atoms with Gasteiger partial charge in [-0.25, -0.2) is 4.79 Å². The lowest BCUT2D eigenvalue weighted by Crippen LogP contribution is -2.18. The van der Waals surface area contributed by atoms with Gasteiger partial charge in [0.1, 0.15) is 11.5 Å². The second-order valence-corrected chi connectivity index (χ2v) is 4.36. The first-order valence-corrected chi connectivity index (χ1v) is 6.78. The number of ether oxygens (including phenoxy) is 2. The maximum absolute atomic E-state index is 12.1. The Bertz CT molecular complexity index is 617. The Labute approximate surface area is 135 Å². The van der Waals surface area contributed by atoms with E-state index in [-0.39, 0.29) is 30.8 Å². The lowest BCUT2D eigenvalue weighted by Gasteiger charge is -2.10. The van der Waals surface area contributed by atoms with E-state index in [9.17, 15) is 22.8 Å². The first kappa shape index (κ1) is 19.3. The van der Waals surface area contributed by atoms with Crippen LogP contribution in [0, 0.1) is 0 Å². The zero-order valence-corrected chi connectivity index (χ0v) is 12.6. The first-order valence-electron chi connectivity index (χ1n) is 6.78. The molecule has 0 unspecified atom stereocenters. The van der Waals surface area contributed by atoms with Crippen LogP contribution >= 0.6 is 0 Å². The van der Waals surface area contributed by atoms with Gasteiger partial charge in [-0.1, -0.05) is 6.07 Å². The standard InChI is InChI=1S/C14H15F3N2O5/c1-2-23-12(20)7-6-11(13(21)22)19-18-9-4-3-5-10(8-9)24-14(15,16)17/h3-5,8,18H,2,6-7H2,1H3,(H,21,22). The Morgan fingerprint density at radius 3 is 2.58 bits per heavy atom. The second-order valence-electron chi connectivity index (χ2n) is 4.36. The lowest BCUT2D eigenvalue weighted by atomic mass is 10.2. The highest BCUT2D eigenvalue weighted by Crippen LogP contribution is 2.25. The van der Waals surface area contributed by atoms with Crippen LogP contribution in [0.15, 0.2) is 29.4 Å². The van der Waals surface area contributed by atoms with Crippen LogP contribution in [0.3, 0.4) is 0 Å². The van der Waals surface area contributed by atoms with Gasteiger partial charge in [0.05, 0.1) is 18.7 Å². The molecular weight excluding hydrogens is 333 g/mol. The molecule has 0 aromatic heterocycles. The minimum Gasteiger partial charge on any atom is -0.477 e. The van der Waals surface area contributed by atoms with Gasteiger partial charge in [0.2, 0.25) is 0 Å². The van der Waals surface area contributed by atoms with Crippen LogP contribution in [0.25, 0.3) is 0 Å². The number of hydrazone groups is 1. The zero-order chi connectivity index (χ0) is 18.2. The molecule has 24 heavy (non-hydrogen) atoms. The summed E-state index contributed by atoms with van der Waals surface area (Å²) in [6.45, 7) is 1.78. The highest BCUT2D eigenvalue weighted by atomic mass is 19.4. The van der Waals surface area contributed by atoms with E-state index in [1.165, 1.54) is 12.1 Å². The van der Waals surface area contributed by atoms with Crippen molar-refractivity contribution in [1.82, 2.24) is 0 Å². The van der Waals surface area contributed by atoms with Crippen molar-refractivity contribution in [2.75, 3.05) is 12.0 Å². The van der Waals surface area contributed by atoms with Crippen LogP contribution in [-0.2, 0) is 14.3 Å². The van der Waals surface area contributed by atoms with Crippen LogP contribution in [0.5, 0.6) is 5.75 Å². The molecule has 0 saturated carbocycles. The molecule has 0 fully saturated rings. The number of nitrogens with one attached hydrogen (secondary N) is 1. The highest BCUT2D eigenvalue weighted by molar-refractivity contribution is 6.35. The quantitative estimate of drug-likeness (QED) is 0.426. The molecule has 132 valence electrons. The molecule has 1 aromatic carbocycles. The van der Waals surface area contributed by atoms with Crippen molar-refractivity contribution in [2.45, 2.75) is 26.1 Å². The summed E-state index contributed by atoms with van der Waals surface area (Å²) in [5.41, 5.74) is 2.03. The topological polar surface area (TPSA) is 97.2 Å². The van der Waals surface area contributed by atoms with Gasteiger partial charge in [-0.05, 0) is 19.1 Å². The summed E-state index contributed by atoms with van der Waals surface area (Å²) in [6, 6.07) is 4.73. The van der Waals surface area contributed by atoms with E-state index in [1.807, 2.05) is 0 Å². The van der Waals surface area contributed by atoms with E-state index in [2.05, 4.69) is 20.0 Å². The van der Waals surface area contributed by atoms with Gasteiger partial charge in [-0.3, -0.25) is 10.2 Å². The molecule has 2 N–H and O–H groups in total. The Kier molecular flexibility index (Phi) is 7.02. The number of rotatable bonds is 8. The summed E-state index contributed by atoms with van der Waals surface area (Å²) in [5, 5.41) is 12.6. The number of carbonyl (C=O) groups excluding carboxylic acids is 1. The Balaban J connectivity index is 2.74. The number of halogens is 3. The van der Waals surface area contributed by atoms with Crippen molar-refractivity contribution in [3.05, 3.63) is 24.3 Å². The molecule has 7 nitrogen and oxygen atoms in total. The Hall–Kier alpha value is -2.78. The van der Waals surface area contributed by atoms with Crippen molar-refractivity contribution >= 4 is 23.3 Å². The predicted molar refractivity (Wildman–Crippen MR) is 77.7 cm³/mol. The number of aliphatic carboxylic acids is 1. The fourth-order valence-corrected chi connectivity index (χ4v) is 1.56. The van der Waals surface area contributed by atoms with Crippen molar-refractivity contribution in [1.29, 1.82) is 0 Å². The number of hydrogen-bond donors (Lipinski definition) is 2. The van der Waals surface area contributed by atoms with E-state index < -0.39 is 24.1 Å². The maximum atomic E-state index is 12.1. The summed E-state index contributed by atoms with van der Waals surface area (Å²) in [5.74, 6) is -2.42. The zero-order valence-electron chi connectivity index (χ0n) is 12.6. The summed E-state index contributed by atoms with van der Waals surface area (Å²) < 4.78 is 44.8. The molecule has 0 amide bonds. The SMILES string of the molecule is CCOC(=O)CCC(=NNc1cccc(OC(F)(F)F)c1)C(=O)O. The van der Waals surface area contributed by atoms with Gasteiger partial charge >= 0.3 is 18.3 Å². The van der Waals surface area contributed by atoms with Crippen LogP contribution in [0.1, 0.15) is 19.8 Å². The average molecular weight is 348 g/mol. The molecule has 1 rings (SSSR count). The number of anilines is 1. The summed E-state index contributed by atoms with van der Waals surface area (Å²) >= 11 is 0. The number of nitrogens with zero attached hydrogens (tertiary/aromatic N) is 1. The monoisotopic (exact) mass is 348 g/mol. The fourth-order valence-electron chi connectivity index (χ4n) is 1.56. The highest BCUT2D eigenvalue weighted by Gasteiger charge is 2.31. The molecule has 0 radical (unpaired) electrons. The van der Waals surface area contributed by atoms with Gasteiger partial charge in [-0.15, -0.1) is 13.2 Å². The number of carboxylic acid groups (broad SMARTS) is 1. The van der Waals surface area contributed by atoms with E-state index in [4.69, 9.17) is 5.11 Å². The van der Waals surface area contributed by atoms with Crippen LogP contribution in [-0.4, -0.2) is 35.7 Å². The Morgan fingerprint density at radius 1 is 1.29 bits per heavy atom. The number of benzene rings is 1. The third kappa shape index (κ3) is 7.47. The molecule has 10 heteroatoms. The third-order valence-electron chi connectivity index (χ3n) is 2.51. The van der Waals surface area contributed by atoms with E-state index >= 15 is 0 Å². The van der Waals surface area contributed by atoms with Gasteiger partial charge in [0.25, 0.3) is 0 Å². The average Bonchev–Trinajstić information content (AvgIpc) is 2.45. The third-order valence-corrected chi connectivity index (χ3v) is 2.51. The predicted octanol–water partition coefficient (Wildman–Crippen LogP) is 2.78. The minimum absolute atomic E-state index is 0.0895. The normalized spacial score (nSPS) is 11.8. The minimum atomic E-state index is -4.84. The molecule has 1 aromatic rings. The number of esters is 1. The molecule has 0 atom stereocenters. The summed E-state index contributed by atoms with van der Waals surface area (Å²) in [6.07, 6.45) is -5.22. The van der Waals surface area contributed by atoms with Crippen LogP contribution in [0.2, 0.25) is 0 Å². The number of carboxylic acids is 1. The van der Waals surface area contributed by atoms with Crippen LogP contribution in [0.4, 0.5) is 18.9 Å². The molecule has 0 heterocycles. The van der Waals surface area contributed by atoms with Gasteiger partial charge < -0.3 is 14.6 Å². The second kappa shape index (κ2) is 8.75. The number of carbonyl (C=O) groups is 2. The molecular formula is C14H15F3N2O5. The van der Waals surface area contributed by atoms with Crippen molar-refractivity contribution in [3.63, 3.8) is 0 Å². The van der Waals surface area contributed by atoms with Crippen molar-refractivity contribution in [3.8, 4) is 5.75 Å². The van der Waals surface area contributed by atoms with Crippen molar-refractivity contribution in [2.24, 2.45) is 5.10 Å². The maximum Gasteiger partial charge on any atom is 0.573 e. The summed E-state index contributed by atoms with van der Waals surface area (Å²) in [7, 11) is 0. The van der Waals surface area contributed by atoms with Gasteiger partial charge in [0.15, 0.2) is 0 Å². The van der Waals surface area contributed by atoms with Crippen LogP contribution < -0.4 is 10.2 Å². The molecule has 0 saturated heterocycles. The molecule has 0 aliphatic heterocycles. The smallest absolute Gasteiger partial charge is 0.477 e. The fraction of sp³-hybridized carbons (Fsp3) is 0.357. The van der Waals surface area contributed by atoms with E-state index in [0.717, 1.165) is 12.1 Å². The Morgan fingerprint density at radius 2 is 2.00 bits per heavy atom. The summed E-state index contributed by atoms with van der Waals surface area (Å²) in [4.78, 5) is 22.3. The number of hydrogen-bond acceptors (Lipinski definition) is 6.